The van der Waals surface area contributed by atoms with Crippen molar-refractivity contribution in [2.45, 2.75) is 162 Å². The standard InChI is InChI=1S/C92H104N8O8/c1-25-65-45(9)77-78-46(10)67(27-3)87(94-78)74(54-35-59(103-19)42-60(36-54)104-20)88-69(29-5)49(13)81(97-88)82-50(14)71(31-7)91(98-82)76(56-39-63(107-23)44-64(40-56)108-24)92-72(32-8)52(16)84(100-92)83-51(15)70(30-6)90(99-83)75(55-37-61(105-21)43-62(38-55)106-22)89-68(28-4)48(12)80(96-89)79-47(11)66(26-2)86(95-79)73(85(65)93-77)53-33-57(101-17)41-58(34-53)102-18/h33-44,93-94,96,98H,25-32H2,1-24H3. The molecule has 16 nitrogen and oxygen atoms in total. The Morgan fingerprint density at radius 2 is 0.417 bits per heavy atom. The lowest BCUT2D eigenvalue weighted by molar-refractivity contribution is 0.394. The van der Waals surface area contributed by atoms with Gasteiger partial charge in [-0.05, 0) is 267 Å². The van der Waals surface area contributed by atoms with Crippen LogP contribution in [-0.2, 0) is 25.7 Å². The molecule has 9 heterocycles. The van der Waals surface area contributed by atoms with Gasteiger partial charge in [-0.25, -0.2) is 20.0 Å². The number of nitrogens with one attached hydrogen (secondary N) is 4. The van der Waals surface area contributed by atoms with Crippen LogP contribution in [0.1, 0.15) is 176 Å². The van der Waals surface area contributed by atoms with Crippen molar-refractivity contribution in [2.75, 3.05) is 56.9 Å². The van der Waals surface area contributed by atoms with E-state index in [0.717, 1.165) is 222 Å². The number of benzene rings is 4. The molecule has 13 rings (SSSR count). The van der Waals surface area contributed by atoms with Crippen molar-refractivity contribution < 1.29 is 37.9 Å². The average molecular weight is 1450 g/mol. The van der Waals surface area contributed by atoms with Gasteiger partial charge >= 0.3 is 0 Å². The van der Waals surface area contributed by atoms with Gasteiger partial charge in [-0.15, -0.1) is 0 Å². The Labute approximate surface area is 634 Å². The van der Waals surface area contributed by atoms with Crippen molar-refractivity contribution in [3.8, 4) is 46.0 Å². The molecule has 108 heavy (non-hydrogen) atoms. The molecule has 0 fully saturated rings. The first kappa shape index (κ1) is 75.2. The molecular weight excluding hydrogens is 1350 g/mol. The second-order valence-corrected chi connectivity index (χ2v) is 28.3. The van der Waals surface area contributed by atoms with E-state index in [1.54, 1.807) is 56.9 Å². The summed E-state index contributed by atoms with van der Waals surface area (Å²) in [5.74, 6) is 5.26. The van der Waals surface area contributed by atoms with E-state index in [9.17, 15) is 0 Å². The quantitative estimate of drug-likeness (QED) is 0.0580. The number of ether oxygens (including phenoxy) is 8. The van der Waals surface area contributed by atoms with Gasteiger partial charge in [-0.2, -0.15) is 0 Å². The first-order valence-electron chi connectivity index (χ1n) is 38.1. The average Bonchev–Trinajstić information content (AvgIpc) is 1.58. The minimum Gasteiger partial charge on any atom is -0.497 e. The van der Waals surface area contributed by atoms with Crippen LogP contribution in [-0.4, -0.2) is 99.7 Å². The van der Waals surface area contributed by atoms with Crippen molar-refractivity contribution in [2.24, 2.45) is 20.0 Å². The molecule has 0 saturated heterocycles. The molecule has 16 heteroatoms. The van der Waals surface area contributed by atoms with Gasteiger partial charge < -0.3 is 57.8 Å². The Morgan fingerprint density at radius 3 is 0.611 bits per heavy atom. The number of nitrogens with zero attached hydrogens (tertiary/aromatic N) is 4. The molecule has 5 aliphatic heterocycles. The monoisotopic (exact) mass is 1450 g/mol. The van der Waals surface area contributed by atoms with Crippen LogP contribution in [0.15, 0.2) is 149 Å². The first-order chi connectivity index (χ1) is 52.1. The fourth-order valence-electron chi connectivity index (χ4n) is 17.4. The summed E-state index contributed by atoms with van der Waals surface area (Å²) in [5, 5.41) is 7.60. The van der Waals surface area contributed by atoms with Gasteiger partial charge in [0.05, 0.1) is 145 Å². The largest absolute Gasteiger partial charge is 0.497 e. The SMILES string of the molecule is CCC1=C(C)C2=C3N=C(C(CC)=C3C)C(c3cc(OC)cc(OC)c3)=c3[nH]c(c(C)c3CC)=C3N=C(C(CC)=C3C)C(c3cc(OC)cc(OC)c3)=c3[nH]c(c(C)c3CC)=c3[nH]c(c(CC)c3C)=C(c3cc(OC)cc(OC)c3)C3=NC(=c4[nH]c(c(CC)c4C)=C(c4cc(OC)cc(OC)c4)C1=N2)C(C)=C3CC. The van der Waals surface area contributed by atoms with E-state index in [1.807, 2.05) is 24.3 Å². The van der Waals surface area contributed by atoms with Crippen LogP contribution >= 0.6 is 0 Å². The molecule has 0 aliphatic carbocycles. The highest BCUT2D eigenvalue weighted by Crippen LogP contribution is 2.44. The van der Waals surface area contributed by atoms with Gasteiger partial charge in [0.2, 0.25) is 0 Å². The number of fused-ring (bicyclic) bond motifs is 12. The summed E-state index contributed by atoms with van der Waals surface area (Å²) in [6.07, 6.45) is 5.56. The number of hydrogen-bond acceptors (Lipinski definition) is 12. The normalized spacial score (nSPS) is 15.3. The van der Waals surface area contributed by atoms with Crippen molar-refractivity contribution in [1.29, 1.82) is 0 Å². The van der Waals surface area contributed by atoms with Crippen molar-refractivity contribution in [3.63, 3.8) is 0 Å². The van der Waals surface area contributed by atoms with E-state index >= 15 is 0 Å². The molecule has 16 bridgehead atoms. The van der Waals surface area contributed by atoms with Gasteiger partial charge in [-0.1, -0.05) is 55.4 Å². The van der Waals surface area contributed by atoms with Crippen LogP contribution in [0.4, 0.5) is 0 Å². The number of rotatable bonds is 20. The topological polar surface area (TPSA) is 186 Å². The Morgan fingerprint density at radius 1 is 0.231 bits per heavy atom. The molecule has 0 spiro atoms. The highest BCUT2D eigenvalue weighted by atomic mass is 16.5. The third kappa shape index (κ3) is 12.3. The second-order valence-electron chi connectivity index (χ2n) is 28.3. The second kappa shape index (κ2) is 30.3. The van der Waals surface area contributed by atoms with E-state index in [4.69, 9.17) is 57.9 Å². The van der Waals surface area contributed by atoms with Gasteiger partial charge in [0.15, 0.2) is 0 Å². The summed E-state index contributed by atoms with van der Waals surface area (Å²) < 4.78 is 49.1. The molecule has 0 amide bonds. The summed E-state index contributed by atoms with van der Waals surface area (Å²) >= 11 is 0. The van der Waals surface area contributed by atoms with Crippen LogP contribution < -0.4 is 70.0 Å². The summed E-state index contributed by atoms with van der Waals surface area (Å²) in [7, 11) is 13.6. The molecule has 4 aromatic heterocycles. The lowest BCUT2D eigenvalue weighted by atomic mass is 9.90. The predicted molar refractivity (Wildman–Crippen MR) is 439 cm³/mol. The van der Waals surface area contributed by atoms with Crippen LogP contribution in [0.25, 0.3) is 33.7 Å². The van der Waals surface area contributed by atoms with Crippen LogP contribution in [0.5, 0.6) is 46.0 Å². The summed E-state index contributed by atoms with van der Waals surface area (Å²) in [6, 6.07) is 24.6. The molecule has 0 atom stereocenters. The van der Waals surface area contributed by atoms with Crippen LogP contribution in [0, 0.1) is 38.4 Å². The molecule has 4 N–H and O–H groups in total. The Kier molecular flexibility index (Phi) is 21.1. The highest BCUT2D eigenvalue weighted by molar-refractivity contribution is 6.37. The highest BCUT2D eigenvalue weighted by Gasteiger charge is 2.36. The van der Waals surface area contributed by atoms with Gasteiger partial charge in [0.1, 0.15) is 46.0 Å². The van der Waals surface area contributed by atoms with Crippen LogP contribution in [0.2, 0.25) is 0 Å². The molecule has 0 radical (unpaired) electrons. The fraction of sp³-hybridized carbons (Fsp3) is 0.348. The smallest absolute Gasteiger partial charge is 0.123 e. The molecule has 560 valence electrons. The van der Waals surface area contributed by atoms with Crippen LogP contribution in [0.3, 0.4) is 0 Å². The maximum atomic E-state index is 6.14. The van der Waals surface area contributed by atoms with E-state index < -0.39 is 0 Å². The Balaban J connectivity index is 1.33. The number of aromatic amines is 4. The van der Waals surface area contributed by atoms with Gasteiger partial charge in [-0.3, -0.25) is 0 Å². The number of aliphatic imine (C=N–C) groups is 4. The van der Waals surface area contributed by atoms with E-state index in [1.165, 1.54) is 0 Å². The lowest BCUT2D eigenvalue weighted by Crippen LogP contribution is -2.22. The maximum Gasteiger partial charge on any atom is 0.123 e. The van der Waals surface area contributed by atoms with E-state index in [2.05, 4.69) is 179 Å². The van der Waals surface area contributed by atoms with E-state index in [-0.39, 0.29) is 0 Å². The zero-order valence-corrected chi connectivity index (χ0v) is 67.6. The number of methoxy groups -OCH3 is 8. The molecule has 5 aliphatic rings. The summed E-state index contributed by atoms with van der Waals surface area (Å²) in [4.78, 5) is 40.8. The van der Waals surface area contributed by atoms with Crippen molar-refractivity contribution in [3.05, 3.63) is 238 Å². The molecule has 0 unspecified atom stereocenters. The zero-order valence-electron chi connectivity index (χ0n) is 67.6. The maximum absolute atomic E-state index is 6.14. The zero-order chi connectivity index (χ0) is 77.2. The summed E-state index contributed by atoms with van der Waals surface area (Å²) in [6.45, 7) is 35.7. The molecule has 8 aromatic rings. The number of hydrogen-bond donors (Lipinski definition) is 4. The number of aromatic nitrogens is 4. The minimum atomic E-state index is 0.655. The molecule has 0 saturated carbocycles. The number of allylic oxidation sites excluding steroid dienone is 6. The predicted octanol–water partition coefficient (Wildman–Crippen LogP) is 15.2. The minimum absolute atomic E-state index is 0.655. The third-order valence-corrected chi connectivity index (χ3v) is 23.1. The van der Waals surface area contributed by atoms with Crippen molar-refractivity contribution >= 4 is 56.5 Å². The first-order valence-corrected chi connectivity index (χ1v) is 38.1. The molecular formula is C92H104N8O8. The number of H-pyrrole nitrogens is 4. The summed E-state index contributed by atoms with van der Waals surface area (Å²) in [5.41, 5.74) is 31.8. The fourth-order valence-corrected chi connectivity index (χ4v) is 17.4. The Bertz CT molecular complexity index is 5520. The van der Waals surface area contributed by atoms with Gasteiger partial charge in [0, 0.05) is 46.6 Å². The van der Waals surface area contributed by atoms with E-state index in [0.29, 0.717) is 97.4 Å². The third-order valence-electron chi connectivity index (χ3n) is 23.1. The lowest BCUT2D eigenvalue weighted by Gasteiger charge is -2.14. The molecule has 4 aromatic carbocycles. The van der Waals surface area contributed by atoms with Gasteiger partial charge in [0.25, 0.3) is 0 Å². The Hall–Kier alpha value is -11.0. The van der Waals surface area contributed by atoms with Crippen molar-refractivity contribution in [1.82, 2.24) is 19.9 Å².